The second-order valence-electron chi connectivity index (χ2n) is 2.88. The Labute approximate surface area is 89.4 Å². The van der Waals surface area contributed by atoms with Crippen LogP contribution in [-0.4, -0.2) is 46.3 Å². The predicted octanol–water partition coefficient (Wildman–Crippen LogP) is -0.964. The van der Waals surface area contributed by atoms with E-state index in [0.29, 0.717) is 0 Å². The van der Waals surface area contributed by atoms with Crippen molar-refractivity contribution in [2.75, 3.05) is 7.11 Å². The molecule has 1 atom stereocenters. The Morgan fingerprint density at radius 2 is 1.31 bits per heavy atom. The maximum absolute atomic E-state index is 10.9. The number of hydrogen-bond acceptors (Lipinski definition) is 5. The smallest absolute Gasteiger partial charge is 0.320 e. The number of ether oxygens (including phenoxy) is 1. The number of carbonyl (C=O) groups excluding carboxylic acids is 1. The summed E-state index contributed by atoms with van der Waals surface area (Å²) in [5.41, 5.74) is 0. The molecule has 3 N–H and O–H groups in total. The highest BCUT2D eigenvalue weighted by Crippen LogP contribution is 2.15. The molecule has 90 valence electrons. The van der Waals surface area contributed by atoms with Crippen molar-refractivity contribution >= 4 is 23.9 Å². The highest BCUT2D eigenvalue weighted by Gasteiger charge is 2.36. The molecule has 0 fully saturated rings. The van der Waals surface area contributed by atoms with Gasteiger partial charge >= 0.3 is 23.9 Å². The summed E-state index contributed by atoms with van der Waals surface area (Å²) in [5.74, 6) is -9.98. The van der Waals surface area contributed by atoms with Crippen LogP contribution < -0.4 is 0 Å². The van der Waals surface area contributed by atoms with E-state index in [4.69, 9.17) is 15.3 Å². The zero-order valence-corrected chi connectivity index (χ0v) is 8.24. The van der Waals surface area contributed by atoms with Gasteiger partial charge in [0, 0.05) is 0 Å². The molecular weight excluding hydrogens is 224 g/mol. The molecule has 8 heteroatoms. The van der Waals surface area contributed by atoms with Crippen molar-refractivity contribution in [3.63, 3.8) is 0 Å². The van der Waals surface area contributed by atoms with E-state index in [1.165, 1.54) is 0 Å². The van der Waals surface area contributed by atoms with Crippen LogP contribution in [0.25, 0.3) is 0 Å². The van der Waals surface area contributed by atoms with Gasteiger partial charge in [0.05, 0.1) is 7.11 Å². The quantitative estimate of drug-likeness (QED) is 0.394. The van der Waals surface area contributed by atoms with Crippen LogP contribution in [0.4, 0.5) is 0 Å². The lowest BCUT2D eigenvalue weighted by atomic mass is 9.94. The molecule has 0 aliphatic heterocycles. The van der Waals surface area contributed by atoms with Gasteiger partial charge in [0.1, 0.15) is 0 Å². The summed E-state index contributed by atoms with van der Waals surface area (Å²) in [6.45, 7) is 0. The van der Waals surface area contributed by atoms with Gasteiger partial charge in [0.15, 0.2) is 11.8 Å². The van der Waals surface area contributed by atoms with Crippen molar-refractivity contribution in [1.82, 2.24) is 0 Å². The summed E-state index contributed by atoms with van der Waals surface area (Å²) in [4.78, 5) is 42.5. The third-order valence-electron chi connectivity index (χ3n) is 1.85. The molecule has 0 amide bonds. The van der Waals surface area contributed by atoms with Gasteiger partial charge in [-0.2, -0.15) is 0 Å². The summed E-state index contributed by atoms with van der Waals surface area (Å²) < 4.78 is 4.13. The van der Waals surface area contributed by atoms with Gasteiger partial charge < -0.3 is 20.1 Å². The summed E-state index contributed by atoms with van der Waals surface area (Å²) in [5, 5.41) is 25.6. The van der Waals surface area contributed by atoms with Gasteiger partial charge in [-0.05, 0) is 6.42 Å². The molecule has 0 spiro atoms. The summed E-state index contributed by atoms with van der Waals surface area (Å²) in [7, 11) is 0.925. The first-order valence-corrected chi connectivity index (χ1v) is 4.07. The number of carboxylic acid groups (broad SMARTS) is 3. The van der Waals surface area contributed by atoms with E-state index in [2.05, 4.69) is 4.74 Å². The van der Waals surface area contributed by atoms with Crippen molar-refractivity contribution in [1.29, 1.82) is 0 Å². The number of hydrogen-bond donors (Lipinski definition) is 3. The maximum Gasteiger partial charge on any atom is 0.320 e. The molecule has 0 radical (unpaired) electrons. The van der Waals surface area contributed by atoms with E-state index in [9.17, 15) is 19.2 Å². The minimum absolute atomic E-state index is 0.854. The van der Waals surface area contributed by atoms with Crippen LogP contribution in [0.15, 0.2) is 0 Å². The largest absolute Gasteiger partial charge is 0.481 e. The summed E-state index contributed by atoms with van der Waals surface area (Å²) in [6, 6.07) is 0. The maximum atomic E-state index is 10.9. The van der Waals surface area contributed by atoms with Crippen molar-refractivity contribution in [2.45, 2.75) is 6.42 Å². The van der Waals surface area contributed by atoms with E-state index < -0.39 is 42.1 Å². The molecule has 0 aliphatic rings. The molecule has 0 aromatic rings. The molecule has 0 saturated carbocycles. The van der Waals surface area contributed by atoms with Gasteiger partial charge in [-0.25, -0.2) is 0 Å². The molecule has 0 bridgehead atoms. The lowest BCUT2D eigenvalue weighted by molar-refractivity contribution is -0.160. The van der Waals surface area contributed by atoms with Gasteiger partial charge in [0.25, 0.3) is 0 Å². The molecule has 0 saturated heterocycles. The number of aliphatic carboxylic acids is 3. The van der Waals surface area contributed by atoms with Crippen LogP contribution in [0.3, 0.4) is 0 Å². The lowest BCUT2D eigenvalue weighted by Crippen LogP contribution is -2.33. The van der Waals surface area contributed by atoms with E-state index in [-0.39, 0.29) is 0 Å². The van der Waals surface area contributed by atoms with Crippen molar-refractivity contribution < 1.29 is 39.2 Å². The monoisotopic (exact) mass is 234 g/mol. The molecular formula is C8H10O8. The van der Waals surface area contributed by atoms with E-state index in [0.717, 1.165) is 7.11 Å². The van der Waals surface area contributed by atoms with Crippen LogP contribution in [0.1, 0.15) is 6.42 Å². The molecule has 0 aromatic heterocycles. The number of carbonyl (C=O) groups is 4. The number of rotatable bonds is 6. The Kier molecular flexibility index (Phi) is 4.93. The van der Waals surface area contributed by atoms with E-state index >= 15 is 0 Å². The minimum Gasteiger partial charge on any atom is -0.481 e. The standard InChI is InChI=1S/C8H10O8/c1-16-8(15)4(7(13)14)2-3(5(9)10)6(11)12/h3-4H,2H2,1H3,(H,9,10)(H,11,12)(H,13,14). The van der Waals surface area contributed by atoms with Crippen molar-refractivity contribution in [3.8, 4) is 0 Å². The number of esters is 1. The fraction of sp³-hybridized carbons (Fsp3) is 0.500. The van der Waals surface area contributed by atoms with Gasteiger partial charge in [-0.15, -0.1) is 0 Å². The zero-order chi connectivity index (χ0) is 12.9. The minimum atomic E-state index is -1.96. The number of methoxy groups -OCH3 is 1. The van der Waals surface area contributed by atoms with Crippen molar-refractivity contribution in [3.05, 3.63) is 0 Å². The fourth-order valence-corrected chi connectivity index (χ4v) is 0.983. The Morgan fingerprint density at radius 1 is 0.938 bits per heavy atom. The third-order valence-corrected chi connectivity index (χ3v) is 1.85. The van der Waals surface area contributed by atoms with Crippen LogP contribution in [-0.2, 0) is 23.9 Å². The molecule has 0 heterocycles. The lowest BCUT2D eigenvalue weighted by Gasteiger charge is -2.12. The highest BCUT2D eigenvalue weighted by atomic mass is 16.5. The normalized spacial score (nSPS) is 11.9. The number of carboxylic acids is 3. The highest BCUT2D eigenvalue weighted by molar-refractivity contribution is 5.97. The molecule has 0 rings (SSSR count). The first-order chi connectivity index (χ1) is 7.31. The first-order valence-electron chi connectivity index (χ1n) is 4.07. The second-order valence-corrected chi connectivity index (χ2v) is 2.88. The topological polar surface area (TPSA) is 138 Å². The SMILES string of the molecule is COC(=O)C(CC(C(=O)O)C(=O)O)C(=O)O. The van der Waals surface area contributed by atoms with Crippen LogP contribution in [0.5, 0.6) is 0 Å². The van der Waals surface area contributed by atoms with E-state index in [1.54, 1.807) is 0 Å². The first kappa shape index (κ1) is 13.9. The van der Waals surface area contributed by atoms with Gasteiger partial charge in [-0.1, -0.05) is 0 Å². The van der Waals surface area contributed by atoms with Crippen molar-refractivity contribution in [2.24, 2.45) is 11.8 Å². The van der Waals surface area contributed by atoms with E-state index in [1.807, 2.05) is 0 Å². The molecule has 0 aliphatic carbocycles. The Balaban J connectivity index is 4.85. The zero-order valence-electron chi connectivity index (χ0n) is 8.24. The average Bonchev–Trinajstić information content (AvgIpc) is 2.15. The van der Waals surface area contributed by atoms with Gasteiger partial charge in [-0.3, -0.25) is 19.2 Å². The predicted molar refractivity (Wildman–Crippen MR) is 46.5 cm³/mol. The molecule has 16 heavy (non-hydrogen) atoms. The van der Waals surface area contributed by atoms with Gasteiger partial charge in [0.2, 0.25) is 0 Å². The average molecular weight is 234 g/mol. The van der Waals surface area contributed by atoms with Crippen LogP contribution >= 0.6 is 0 Å². The Bertz CT molecular complexity index is 306. The molecule has 0 aromatic carbocycles. The van der Waals surface area contributed by atoms with Crippen LogP contribution in [0, 0.1) is 11.8 Å². The molecule has 1 unspecified atom stereocenters. The summed E-state index contributed by atoms with van der Waals surface area (Å²) in [6.07, 6.45) is -0.854. The Hall–Kier alpha value is -2.12. The third kappa shape index (κ3) is 3.56. The molecule has 8 nitrogen and oxygen atoms in total. The van der Waals surface area contributed by atoms with Crippen LogP contribution in [0.2, 0.25) is 0 Å². The summed E-state index contributed by atoms with van der Waals surface area (Å²) >= 11 is 0. The Morgan fingerprint density at radius 3 is 1.56 bits per heavy atom. The second kappa shape index (κ2) is 5.69. The fourth-order valence-electron chi connectivity index (χ4n) is 0.983.